The number of nitrogens with zero attached hydrogens (tertiary/aromatic N) is 4. The maximum absolute atomic E-state index is 12.8. The van der Waals surface area contributed by atoms with Crippen LogP contribution in [0.3, 0.4) is 0 Å². The van der Waals surface area contributed by atoms with Crippen LogP contribution in [0.4, 0.5) is 5.95 Å². The molecule has 0 spiro atoms. The third kappa shape index (κ3) is 4.00. The average molecular weight is 396 g/mol. The van der Waals surface area contributed by atoms with Crippen molar-refractivity contribution < 1.29 is 9.32 Å². The van der Waals surface area contributed by atoms with Crippen molar-refractivity contribution in [3.05, 3.63) is 23.7 Å². The number of rotatable bonds is 5. The van der Waals surface area contributed by atoms with Crippen molar-refractivity contribution in [2.45, 2.75) is 70.3 Å². The Hall–Kier alpha value is -2.44. The molecular formula is C22H29N5O2. The van der Waals surface area contributed by atoms with Crippen molar-refractivity contribution in [3.8, 4) is 11.3 Å². The molecule has 7 nitrogen and oxygen atoms in total. The molecule has 3 fully saturated rings. The fraction of sp³-hybridized carbons (Fsp3) is 0.636. The number of carbonyl (C=O) groups is 1. The summed E-state index contributed by atoms with van der Waals surface area (Å²) < 4.78 is 5.53. The fourth-order valence-corrected chi connectivity index (χ4v) is 4.67. The third-order valence-electron chi connectivity index (χ3n) is 6.52. The molecule has 2 saturated carbocycles. The van der Waals surface area contributed by atoms with E-state index in [2.05, 4.69) is 20.4 Å². The number of anilines is 1. The quantitative estimate of drug-likeness (QED) is 0.826. The molecule has 3 heterocycles. The van der Waals surface area contributed by atoms with Gasteiger partial charge in [-0.25, -0.2) is 9.97 Å². The summed E-state index contributed by atoms with van der Waals surface area (Å²) in [6, 6.07) is 2.45. The standard InChI is InChI=1S/C22H29N5O2/c1-14-12-19(29-26-14)18-13-23-22(24-17-6-7-17)25-20(18)15-8-10-27(11-9-15)21(28)16-4-2-3-5-16/h12-13,15-17H,2-11H2,1H3,(H,23,24,25). The number of carbonyl (C=O) groups excluding carboxylic acids is 1. The lowest BCUT2D eigenvalue weighted by Crippen LogP contribution is -2.41. The van der Waals surface area contributed by atoms with Gasteiger partial charge in [0.15, 0.2) is 5.76 Å². The van der Waals surface area contributed by atoms with Crippen molar-refractivity contribution in [1.82, 2.24) is 20.0 Å². The van der Waals surface area contributed by atoms with E-state index in [4.69, 9.17) is 9.51 Å². The molecule has 5 rings (SSSR count). The zero-order valence-corrected chi connectivity index (χ0v) is 17.1. The van der Waals surface area contributed by atoms with Crippen molar-refractivity contribution >= 4 is 11.9 Å². The Balaban J connectivity index is 1.35. The van der Waals surface area contributed by atoms with Gasteiger partial charge in [-0.2, -0.15) is 0 Å². The largest absolute Gasteiger partial charge is 0.356 e. The summed E-state index contributed by atoms with van der Waals surface area (Å²) in [4.78, 5) is 24.3. The molecule has 2 aromatic heterocycles. The molecule has 3 aliphatic rings. The lowest BCUT2D eigenvalue weighted by atomic mass is 9.89. The smallest absolute Gasteiger partial charge is 0.225 e. The number of likely N-dealkylation sites (tertiary alicyclic amines) is 1. The highest BCUT2D eigenvalue weighted by molar-refractivity contribution is 5.79. The van der Waals surface area contributed by atoms with Crippen molar-refractivity contribution in [1.29, 1.82) is 0 Å². The van der Waals surface area contributed by atoms with Gasteiger partial charge in [0.05, 0.1) is 17.0 Å². The van der Waals surface area contributed by atoms with E-state index in [1.807, 2.05) is 19.2 Å². The van der Waals surface area contributed by atoms with E-state index >= 15 is 0 Å². The lowest BCUT2D eigenvalue weighted by molar-refractivity contribution is -0.136. The van der Waals surface area contributed by atoms with Crippen LogP contribution in [0.1, 0.15) is 68.7 Å². The Morgan fingerprint density at radius 2 is 1.90 bits per heavy atom. The SMILES string of the molecule is Cc1cc(-c2cnc(NC3CC3)nc2C2CCN(C(=O)C3CCCC3)CC2)on1. The third-order valence-corrected chi connectivity index (χ3v) is 6.52. The Labute approximate surface area is 171 Å². The highest BCUT2D eigenvalue weighted by Gasteiger charge is 2.32. The molecule has 7 heteroatoms. The minimum absolute atomic E-state index is 0.257. The number of aryl methyl sites for hydroxylation is 1. The average Bonchev–Trinajstić information content (AvgIpc) is 3.20. The molecule has 0 aromatic carbocycles. The van der Waals surface area contributed by atoms with Crippen molar-refractivity contribution in [2.24, 2.45) is 5.92 Å². The summed E-state index contributed by atoms with van der Waals surface area (Å²) in [7, 11) is 0. The Morgan fingerprint density at radius 1 is 1.14 bits per heavy atom. The molecule has 154 valence electrons. The van der Waals surface area contributed by atoms with Gasteiger partial charge in [0.1, 0.15) is 0 Å². The van der Waals surface area contributed by atoms with Crippen LogP contribution in [-0.4, -0.2) is 45.1 Å². The van der Waals surface area contributed by atoms with Gasteiger partial charge in [-0.15, -0.1) is 0 Å². The number of amides is 1. The second-order valence-corrected chi connectivity index (χ2v) is 8.82. The topological polar surface area (TPSA) is 84.2 Å². The highest BCUT2D eigenvalue weighted by atomic mass is 16.5. The molecule has 2 aromatic rings. The van der Waals surface area contributed by atoms with Gasteiger partial charge in [-0.05, 0) is 45.4 Å². The number of hydrogen-bond donors (Lipinski definition) is 1. The van der Waals surface area contributed by atoms with Gasteiger partial charge in [-0.3, -0.25) is 4.79 Å². The first-order chi connectivity index (χ1) is 14.2. The van der Waals surface area contributed by atoms with Gasteiger partial charge >= 0.3 is 0 Å². The normalized spacial score (nSPS) is 20.9. The molecule has 1 saturated heterocycles. The van der Waals surface area contributed by atoms with Crippen LogP contribution < -0.4 is 5.32 Å². The summed E-state index contributed by atoms with van der Waals surface area (Å²) in [5.41, 5.74) is 2.79. The molecule has 0 bridgehead atoms. The van der Waals surface area contributed by atoms with Gasteiger partial charge in [0.2, 0.25) is 11.9 Å². The zero-order chi connectivity index (χ0) is 19.8. The molecule has 1 aliphatic heterocycles. The molecule has 1 amide bonds. The molecule has 1 N–H and O–H groups in total. The van der Waals surface area contributed by atoms with E-state index < -0.39 is 0 Å². The van der Waals surface area contributed by atoms with E-state index in [0.29, 0.717) is 23.8 Å². The maximum Gasteiger partial charge on any atom is 0.225 e. The number of hydrogen-bond acceptors (Lipinski definition) is 6. The molecule has 0 atom stereocenters. The van der Waals surface area contributed by atoms with Crippen LogP contribution in [0.5, 0.6) is 0 Å². The molecule has 0 radical (unpaired) electrons. The van der Waals surface area contributed by atoms with Crippen LogP contribution in [0.15, 0.2) is 16.8 Å². The van der Waals surface area contributed by atoms with Crippen LogP contribution in [0.2, 0.25) is 0 Å². The van der Waals surface area contributed by atoms with E-state index in [-0.39, 0.29) is 5.92 Å². The van der Waals surface area contributed by atoms with Gasteiger partial charge in [0.25, 0.3) is 0 Å². The number of aromatic nitrogens is 3. The van der Waals surface area contributed by atoms with Crippen LogP contribution in [-0.2, 0) is 4.79 Å². The molecular weight excluding hydrogens is 366 g/mol. The van der Waals surface area contributed by atoms with Gasteiger partial charge < -0.3 is 14.7 Å². The maximum atomic E-state index is 12.8. The Morgan fingerprint density at radius 3 is 2.55 bits per heavy atom. The first kappa shape index (κ1) is 18.6. The molecule has 29 heavy (non-hydrogen) atoms. The predicted octanol–water partition coefficient (Wildman–Crippen LogP) is 3.91. The van der Waals surface area contributed by atoms with E-state index in [0.717, 1.165) is 61.5 Å². The van der Waals surface area contributed by atoms with Crippen LogP contribution >= 0.6 is 0 Å². The van der Waals surface area contributed by atoms with Crippen LogP contribution in [0.25, 0.3) is 11.3 Å². The Bertz CT molecular complexity index is 877. The van der Waals surface area contributed by atoms with Gasteiger partial charge in [-0.1, -0.05) is 18.0 Å². The summed E-state index contributed by atoms with van der Waals surface area (Å²) in [5.74, 6) is 2.34. The number of nitrogens with one attached hydrogen (secondary N) is 1. The van der Waals surface area contributed by atoms with Crippen molar-refractivity contribution in [3.63, 3.8) is 0 Å². The second-order valence-electron chi connectivity index (χ2n) is 8.82. The Kier molecular flexibility index (Phi) is 4.97. The predicted molar refractivity (Wildman–Crippen MR) is 109 cm³/mol. The second kappa shape index (κ2) is 7.76. The summed E-state index contributed by atoms with van der Waals surface area (Å²) in [6.07, 6.45) is 10.6. The van der Waals surface area contributed by atoms with Crippen molar-refractivity contribution in [2.75, 3.05) is 18.4 Å². The summed E-state index contributed by atoms with van der Waals surface area (Å²) >= 11 is 0. The fourth-order valence-electron chi connectivity index (χ4n) is 4.67. The van der Waals surface area contributed by atoms with Crippen LogP contribution in [0, 0.1) is 12.8 Å². The summed E-state index contributed by atoms with van der Waals surface area (Å²) in [6.45, 7) is 3.54. The molecule has 0 unspecified atom stereocenters. The lowest BCUT2D eigenvalue weighted by Gasteiger charge is -2.34. The zero-order valence-electron chi connectivity index (χ0n) is 17.1. The first-order valence-corrected chi connectivity index (χ1v) is 11.0. The van der Waals surface area contributed by atoms with E-state index in [1.54, 1.807) is 0 Å². The highest BCUT2D eigenvalue weighted by Crippen LogP contribution is 2.36. The minimum atomic E-state index is 0.257. The first-order valence-electron chi connectivity index (χ1n) is 11.0. The monoisotopic (exact) mass is 395 g/mol. The van der Waals surface area contributed by atoms with E-state index in [9.17, 15) is 4.79 Å². The number of piperidine rings is 1. The summed E-state index contributed by atoms with van der Waals surface area (Å²) in [5, 5.41) is 7.45. The van der Waals surface area contributed by atoms with E-state index in [1.165, 1.54) is 25.7 Å². The molecule has 2 aliphatic carbocycles. The minimum Gasteiger partial charge on any atom is -0.356 e. The van der Waals surface area contributed by atoms with Gasteiger partial charge in [0, 0.05) is 43.2 Å².